The Morgan fingerprint density at radius 3 is 2.92 bits per heavy atom. The summed E-state index contributed by atoms with van der Waals surface area (Å²) in [4.78, 5) is 25.4. The van der Waals surface area contributed by atoms with E-state index in [0.29, 0.717) is 18.0 Å². The van der Waals surface area contributed by atoms with E-state index in [9.17, 15) is 9.59 Å². The Labute approximate surface area is 146 Å². The number of hydrogen-bond acceptors (Lipinski definition) is 3. The lowest BCUT2D eigenvalue weighted by Crippen LogP contribution is -2.38. The minimum absolute atomic E-state index is 0.0711. The number of carbonyl (C=O) groups is 2. The molecule has 1 atom stereocenters. The molecular weight excluding hydrogens is 318 g/mol. The molecule has 7 nitrogen and oxygen atoms in total. The van der Waals surface area contributed by atoms with E-state index < -0.39 is 5.91 Å². The van der Waals surface area contributed by atoms with Gasteiger partial charge in [-0.25, -0.2) is 4.79 Å². The number of nitrogens with zero attached hydrogens (tertiary/aromatic N) is 3. The number of likely N-dealkylation sites (tertiary alicyclic amines) is 1. The molecule has 2 heterocycles. The molecule has 1 aliphatic rings. The predicted molar refractivity (Wildman–Crippen MR) is 93.8 cm³/mol. The number of rotatable bonds is 5. The number of urea groups is 1. The van der Waals surface area contributed by atoms with Gasteiger partial charge < -0.3 is 16.0 Å². The average molecular weight is 341 g/mol. The molecule has 3 amide bonds. The molecule has 132 valence electrons. The minimum Gasteiger partial charge on any atom is -0.366 e. The molecule has 1 saturated heterocycles. The van der Waals surface area contributed by atoms with E-state index in [1.807, 2.05) is 30.4 Å². The van der Waals surface area contributed by atoms with Gasteiger partial charge in [-0.2, -0.15) is 5.10 Å². The molecule has 0 aliphatic carbocycles. The van der Waals surface area contributed by atoms with Crippen molar-refractivity contribution in [1.82, 2.24) is 20.0 Å². The van der Waals surface area contributed by atoms with E-state index in [1.165, 1.54) is 5.56 Å². The third-order valence-electron chi connectivity index (χ3n) is 4.51. The van der Waals surface area contributed by atoms with Crippen molar-refractivity contribution < 1.29 is 9.59 Å². The smallest absolute Gasteiger partial charge is 0.317 e. The number of hydrogen-bond donors (Lipinski definition) is 2. The fraction of sp³-hybridized carbons (Fsp3) is 0.389. The van der Waals surface area contributed by atoms with Gasteiger partial charge in [0, 0.05) is 38.4 Å². The van der Waals surface area contributed by atoms with Crippen molar-refractivity contribution >= 4 is 11.9 Å². The number of aryl methyl sites for hydroxylation is 1. The molecule has 1 unspecified atom stereocenters. The molecule has 0 saturated carbocycles. The summed E-state index contributed by atoms with van der Waals surface area (Å²) in [6, 6.07) is 6.93. The Hall–Kier alpha value is -2.83. The highest BCUT2D eigenvalue weighted by Gasteiger charge is 2.26. The maximum atomic E-state index is 12.3. The van der Waals surface area contributed by atoms with Crippen molar-refractivity contribution in [2.24, 2.45) is 18.7 Å². The van der Waals surface area contributed by atoms with Crippen LogP contribution in [0.4, 0.5) is 4.79 Å². The fourth-order valence-corrected chi connectivity index (χ4v) is 3.22. The lowest BCUT2D eigenvalue weighted by molar-refractivity contribution is 0.1000. The van der Waals surface area contributed by atoms with Crippen LogP contribution >= 0.6 is 0 Å². The highest BCUT2D eigenvalue weighted by atomic mass is 16.2. The summed E-state index contributed by atoms with van der Waals surface area (Å²) < 4.78 is 1.80. The summed E-state index contributed by atoms with van der Waals surface area (Å²) in [5, 5.41) is 7.10. The van der Waals surface area contributed by atoms with Crippen LogP contribution in [0.15, 0.2) is 36.7 Å². The van der Waals surface area contributed by atoms with E-state index in [2.05, 4.69) is 10.4 Å². The first-order valence-electron chi connectivity index (χ1n) is 8.40. The SMILES string of the molecule is Cn1cc(CC2CCN(C(=O)NCc3cccc(C(N)=O)c3)C2)cn1. The van der Waals surface area contributed by atoms with Crippen LogP contribution < -0.4 is 11.1 Å². The van der Waals surface area contributed by atoms with Gasteiger partial charge in [-0.15, -0.1) is 0 Å². The van der Waals surface area contributed by atoms with E-state index in [4.69, 9.17) is 5.73 Å². The molecule has 1 aliphatic heterocycles. The molecule has 2 aromatic rings. The first-order valence-corrected chi connectivity index (χ1v) is 8.40. The van der Waals surface area contributed by atoms with Crippen LogP contribution in [0.2, 0.25) is 0 Å². The Morgan fingerprint density at radius 2 is 2.20 bits per heavy atom. The second-order valence-corrected chi connectivity index (χ2v) is 6.55. The molecule has 7 heteroatoms. The van der Waals surface area contributed by atoms with Gasteiger partial charge in [-0.05, 0) is 42.0 Å². The van der Waals surface area contributed by atoms with Gasteiger partial charge in [0.05, 0.1) is 6.20 Å². The largest absolute Gasteiger partial charge is 0.366 e. The van der Waals surface area contributed by atoms with Crippen LogP contribution in [-0.2, 0) is 20.0 Å². The summed E-state index contributed by atoms with van der Waals surface area (Å²) >= 11 is 0. The zero-order chi connectivity index (χ0) is 17.8. The van der Waals surface area contributed by atoms with Crippen LogP contribution in [0, 0.1) is 5.92 Å². The van der Waals surface area contributed by atoms with Gasteiger partial charge in [0.1, 0.15) is 0 Å². The average Bonchev–Trinajstić information content (AvgIpc) is 3.22. The molecule has 1 aromatic carbocycles. The van der Waals surface area contributed by atoms with Crippen LogP contribution in [-0.4, -0.2) is 39.7 Å². The molecule has 0 radical (unpaired) electrons. The Bertz CT molecular complexity index is 770. The molecule has 3 N–H and O–H groups in total. The fourth-order valence-electron chi connectivity index (χ4n) is 3.22. The van der Waals surface area contributed by atoms with Crippen LogP contribution in [0.5, 0.6) is 0 Å². The summed E-state index contributed by atoms with van der Waals surface area (Å²) in [6.45, 7) is 1.89. The van der Waals surface area contributed by atoms with Gasteiger partial charge >= 0.3 is 6.03 Å². The van der Waals surface area contributed by atoms with E-state index in [-0.39, 0.29) is 6.03 Å². The second kappa shape index (κ2) is 7.38. The van der Waals surface area contributed by atoms with Gasteiger partial charge in [0.2, 0.25) is 5.91 Å². The number of nitrogens with two attached hydrogens (primary N) is 1. The summed E-state index contributed by atoms with van der Waals surface area (Å²) in [6.07, 6.45) is 5.85. The van der Waals surface area contributed by atoms with Crippen LogP contribution in [0.25, 0.3) is 0 Å². The molecule has 25 heavy (non-hydrogen) atoms. The topological polar surface area (TPSA) is 93.3 Å². The first kappa shape index (κ1) is 17.0. The van der Waals surface area contributed by atoms with Crippen molar-refractivity contribution in [2.45, 2.75) is 19.4 Å². The van der Waals surface area contributed by atoms with E-state index >= 15 is 0 Å². The zero-order valence-electron chi connectivity index (χ0n) is 14.3. The standard InChI is InChI=1S/C18H23N5O2/c1-22-11-15(10-21-22)7-14-5-6-23(12-14)18(25)20-9-13-3-2-4-16(8-13)17(19)24/h2-4,8,10-11,14H,5-7,9,12H2,1H3,(H2,19,24)(H,20,25). The van der Waals surface area contributed by atoms with Crippen molar-refractivity contribution in [3.8, 4) is 0 Å². The lowest BCUT2D eigenvalue weighted by Gasteiger charge is -2.17. The number of benzene rings is 1. The van der Waals surface area contributed by atoms with Gasteiger partial charge in [-0.3, -0.25) is 9.48 Å². The van der Waals surface area contributed by atoms with Crippen molar-refractivity contribution in [2.75, 3.05) is 13.1 Å². The van der Waals surface area contributed by atoms with Crippen molar-refractivity contribution in [1.29, 1.82) is 0 Å². The van der Waals surface area contributed by atoms with Gasteiger partial charge in [0.25, 0.3) is 0 Å². The van der Waals surface area contributed by atoms with Crippen molar-refractivity contribution in [3.63, 3.8) is 0 Å². The molecule has 0 spiro atoms. The van der Waals surface area contributed by atoms with Gasteiger partial charge in [0.15, 0.2) is 0 Å². The van der Waals surface area contributed by atoms with Crippen LogP contribution in [0.3, 0.4) is 0 Å². The molecular formula is C18H23N5O2. The van der Waals surface area contributed by atoms with E-state index in [1.54, 1.807) is 22.9 Å². The second-order valence-electron chi connectivity index (χ2n) is 6.55. The first-order chi connectivity index (χ1) is 12.0. The number of amides is 3. The van der Waals surface area contributed by atoms with Crippen LogP contribution in [0.1, 0.15) is 27.9 Å². The monoisotopic (exact) mass is 341 g/mol. The molecule has 1 aromatic heterocycles. The normalized spacial score (nSPS) is 16.8. The van der Waals surface area contributed by atoms with Crippen molar-refractivity contribution in [3.05, 3.63) is 53.3 Å². The number of aromatic nitrogens is 2. The highest BCUT2D eigenvalue weighted by molar-refractivity contribution is 5.92. The third kappa shape index (κ3) is 4.37. The number of carbonyl (C=O) groups excluding carboxylic acids is 2. The third-order valence-corrected chi connectivity index (χ3v) is 4.51. The van der Waals surface area contributed by atoms with E-state index in [0.717, 1.165) is 31.5 Å². The highest BCUT2D eigenvalue weighted by Crippen LogP contribution is 2.20. The Morgan fingerprint density at radius 1 is 1.36 bits per heavy atom. The maximum absolute atomic E-state index is 12.3. The number of nitrogens with one attached hydrogen (secondary N) is 1. The molecule has 0 bridgehead atoms. The Kier molecular flexibility index (Phi) is 5.02. The summed E-state index contributed by atoms with van der Waals surface area (Å²) in [5.74, 6) is -0.000831. The predicted octanol–water partition coefficient (Wildman–Crippen LogP) is 1.29. The number of primary amides is 1. The summed E-state index contributed by atoms with van der Waals surface area (Å²) in [7, 11) is 1.91. The summed E-state index contributed by atoms with van der Waals surface area (Å²) in [5.41, 5.74) is 7.79. The van der Waals surface area contributed by atoms with Gasteiger partial charge in [-0.1, -0.05) is 12.1 Å². The Balaban J connectivity index is 1.49. The zero-order valence-corrected chi connectivity index (χ0v) is 14.3. The molecule has 3 rings (SSSR count). The molecule has 1 fully saturated rings. The quantitative estimate of drug-likeness (QED) is 0.858. The maximum Gasteiger partial charge on any atom is 0.317 e. The minimum atomic E-state index is -0.467. The lowest BCUT2D eigenvalue weighted by atomic mass is 10.0.